The molecular weight excluding hydrogens is 234 g/mol. The highest BCUT2D eigenvalue weighted by Gasteiger charge is 2.28. The van der Waals surface area contributed by atoms with Crippen molar-refractivity contribution in [1.29, 1.82) is 0 Å². The van der Waals surface area contributed by atoms with E-state index >= 15 is 0 Å². The number of nitrogens with one attached hydrogen (secondary N) is 1. The van der Waals surface area contributed by atoms with E-state index in [2.05, 4.69) is 5.32 Å². The summed E-state index contributed by atoms with van der Waals surface area (Å²) in [5, 5.41) is 2.34. The molecule has 1 aromatic carbocycles. The molecule has 0 aliphatic heterocycles. The number of halogens is 4. The Bertz CT molecular complexity index is 371. The molecule has 0 atom stereocenters. The lowest BCUT2D eigenvalue weighted by Crippen LogP contribution is -2.38. The van der Waals surface area contributed by atoms with E-state index in [9.17, 15) is 17.6 Å². The van der Waals surface area contributed by atoms with Gasteiger partial charge in [0.2, 0.25) is 0 Å². The Hall–Kier alpha value is -1.10. The first-order chi connectivity index (χ1) is 7.71. The van der Waals surface area contributed by atoms with Gasteiger partial charge in [0, 0.05) is 12.0 Å². The fourth-order valence-corrected chi connectivity index (χ4v) is 1.53. The van der Waals surface area contributed by atoms with Crippen molar-refractivity contribution in [3.8, 4) is 0 Å². The van der Waals surface area contributed by atoms with Gasteiger partial charge in [-0.05, 0) is 17.7 Å². The lowest BCUT2D eigenvalue weighted by Gasteiger charge is -2.26. The van der Waals surface area contributed by atoms with Crippen LogP contribution in [0.1, 0.15) is 19.4 Å². The normalized spacial score (nSPS) is 12.8. The van der Waals surface area contributed by atoms with Crippen molar-refractivity contribution in [2.75, 3.05) is 13.1 Å². The predicted molar refractivity (Wildman–Crippen MR) is 58.4 cm³/mol. The Labute approximate surface area is 97.8 Å². The molecule has 0 aliphatic rings. The molecule has 17 heavy (non-hydrogen) atoms. The zero-order valence-electron chi connectivity index (χ0n) is 9.74. The van der Waals surface area contributed by atoms with Gasteiger partial charge < -0.3 is 5.32 Å². The van der Waals surface area contributed by atoms with Crippen LogP contribution in [0.4, 0.5) is 17.6 Å². The van der Waals surface area contributed by atoms with Gasteiger partial charge in [-0.3, -0.25) is 0 Å². The maximum Gasteiger partial charge on any atom is 0.401 e. The van der Waals surface area contributed by atoms with Crippen LogP contribution in [-0.4, -0.2) is 19.3 Å². The summed E-state index contributed by atoms with van der Waals surface area (Å²) in [5.41, 5.74) is 0.125. The summed E-state index contributed by atoms with van der Waals surface area (Å²) in [4.78, 5) is 0. The third kappa shape index (κ3) is 4.73. The van der Waals surface area contributed by atoms with Crippen molar-refractivity contribution >= 4 is 0 Å². The molecule has 0 saturated heterocycles. The van der Waals surface area contributed by atoms with Gasteiger partial charge in [0.25, 0.3) is 0 Å². The summed E-state index contributed by atoms with van der Waals surface area (Å²) in [6.45, 7) is 2.64. The van der Waals surface area contributed by atoms with Gasteiger partial charge in [0.05, 0.1) is 6.54 Å². The van der Waals surface area contributed by atoms with Gasteiger partial charge >= 0.3 is 6.18 Å². The van der Waals surface area contributed by atoms with Crippen molar-refractivity contribution in [2.24, 2.45) is 0 Å². The van der Waals surface area contributed by atoms with E-state index in [0.29, 0.717) is 5.56 Å². The van der Waals surface area contributed by atoms with Crippen LogP contribution in [-0.2, 0) is 5.41 Å². The minimum absolute atomic E-state index is 0.135. The van der Waals surface area contributed by atoms with E-state index in [4.69, 9.17) is 0 Å². The number of rotatable bonds is 4. The first-order valence-corrected chi connectivity index (χ1v) is 5.24. The highest BCUT2D eigenvalue weighted by Crippen LogP contribution is 2.23. The molecule has 0 radical (unpaired) electrons. The molecule has 0 unspecified atom stereocenters. The van der Waals surface area contributed by atoms with Crippen molar-refractivity contribution in [1.82, 2.24) is 5.32 Å². The summed E-state index contributed by atoms with van der Waals surface area (Å²) >= 11 is 0. The van der Waals surface area contributed by atoms with E-state index in [1.54, 1.807) is 26.0 Å². The second-order valence-corrected chi connectivity index (χ2v) is 4.61. The summed E-state index contributed by atoms with van der Waals surface area (Å²) in [6, 6.07) is 5.91. The maximum absolute atomic E-state index is 13.0. The van der Waals surface area contributed by atoms with E-state index in [1.807, 2.05) is 0 Å². The monoisotopic (exact) mass is 249 g/mol. The molecular formula is C12H15F4N. The van der Waals surface area contributed by atoms with Gasteiger partial charge in [-0.25, -0.2) is 4.39 Å². The zero-order chi connectivity index (χ0) is 13.1. The van der Waals surface area contributed by atoms with Crippen LogP contribution in [0, 0.1) is 5.82 Å². The third-order valence-electron chi connectivity index (χ3n) is 2.50. The highest BCUT2D eigenvalue weighted by molar-refractivity contribution is 5.24. The lowest BCUT2D eigenvalue weighted by molar-refractivity contribution is -0.125. The van der Waals surface area contributed by atoms with Gasteiger partial charge in [-0.15, -0.1) is 0 Å². The number of hydrogen-bond acceptors (Lipinski definition) is 1. The molecule has 0 fully saturated rings. The number of hydrogen-bond donors (Lipinski definition) is 1. The molecule has 0 heterocycles. The summed E-state index contributed by atoms with van der Waals surface area (Å²) in [6.07, 6.45) is -4.22. The van der Waals surface area contributed by atoms with Gasteiger partial charge in [0.15, 0.2) is 0 Å². The molecule has 0 amide bonds. The molecule has 1 nitrogen and oxygen atoms in total. The molecule has 5 heteroatoms. The Kier molecular flexibility index (Phi) is 4.14. The second kappa shape index (κ2) is 5.04. The summed E-state index contributed by atoms with van der Waals surface area (Å²) < 4.78 is 48.9. The van der Waals surface area contributed by atoms with E-state index in [1.165, 1.54) is 12.1 Å². The molecule has 0 spiro atoms. The number of benzene rings is 1. The SMILES string of the molecule is CC(C)(CNCC(F)(F)F)c1cccc(F)c1. The van der Waals surface area contributed by atoms with Crippen molar-refractivity contribution in [3.63, 3.8) is 0 Å². The molecule has 1 rings (SSSR count). The molecule has 1 N–H and O–H groups in total. The molecule has 0 bridgehead atoms. The molecule has 0 aliphatic carbocycles. The van der Waals surface area contributed by atoms with Crippen LogP contribution >= 0.6 is 0 Å². The molecule has 0 aromatic heterocycles. The third-order valence-corrected chi connectivity index (χ3v) is 2.50. The summed E-state index contributed by atoms with van der Waals surface area (Å²) in [7, 11) is 0. The quantitative estimate of drug-likeness (QED) is 0.808. The second-order valence-electron chi connectivity index (χ2n) is 4.61. The minimum Gasteiger partial charge on any atom is -0.308 e. The highest BCUT2D eigenvalue weighted by atomic mass is 19.4. The van der Waals surface area contributed by atoms with E-state index in [-0.39, 0.29) is 12.4 Å². The first-order valence-electron chi connectivity index (χ1n) is 5.24. The average molecular weight is 249 g/mol. The Morgan fingerprint density at radius 2 is 1.76 bits per heavy atom. The van der Waals surface area contributed by atoms with E-state index < -0.39 is 18.1 Å². The Balaban J connectivity index is 2.62. The molecule has 96 valence electrons. The zero-order valence-corrected chi connectivity index (χ0v) is 9.74. The Morgan fingerprint density at radius 1 is 1.12 bits per heavy atom. The van der Waals surface area contributed by atoms with Crippen LogP contribution in [0.25, 0.3) is 0 Å². The minimum atomic E-state index is -4.22. The van der Waals surface area contributed by atoms with Gasteiger partial charge in [0.1, 0.15) is 5.82 Å². The number of alkyl halides is 3. The molecule has 0 saturated carbocycles. The van der Waals surface area contributed by atoms with Crippen molar-refractivity contribution in [2.45, 2.75) is 25.4 Å². The fraction of sp³-hybridized carbons (Fsp3) is 0.500. The average Bonchev–Trinajstić information content (AvgIpc) is 2.15. The molecule has 1 aromatic rings. The van der Waals surface area contributed by atoms with Crippen LogP contribution in [0.15, 0.2) is 24.3 Å². The van der Waals surface area contributed by atoms with Crippen LogP contribution in [0.2, 0.25) is 0 Å². The predicted octanol–water partition coefficient (Wildman–Crippen LogP) is 3.26. The smallest absolute Gasteiger partial charge is 0.308 e. The maximum atomic E-state index is 13.0. The summed E-state index contributed by atoms with van der Waals surface area (Å²) in [5.74, 6) is -0.383. The Morgan fingerprint density at radius 3 is 2.29 bits per heavy atom. The largest absolute Gasteiger partial charge is 0.401 e. The van der Waals surface area contributed by atoms with Crippen molar-refractivity contribution < 1.29 is 17.6 Å². The standard InChI is InChI=1S/C12H15F4N/c1-11(2,7-17-8-12(14,15)16)9-4-3-5-10(13)6-9/h3-6,17H,7-8H2,1-2H3. The van der Waals surface area contributed by atoms with Crippen LogP contribution in [0.3, 0.4) is 0 Å². The van der Waals surface area contributed by atoms with Gasteiger partial charge in [-0.2, -0.15) is 13.2 Å². The topological polar surface area (TPSA) is 12.0 Å². The van der Waals surface area contributed by atoms with Crippen LogP contribution in [0.5, 0.6) is 0 Å². The first kappa shape index (κ1) is 14.0. The lowest BCUT2D eigenvalue weighted by atomic mass is 9.84. The fourth-order valence-electron chi connectivity index (χ4n) is 1.53. The van der Waals surface area contributed by atoms with Crippen molar-refractivity contribution in [3.05, 3.63) is 35.6 Å². The van der Waals surface area contributed by atoms with Crippen LogP contribution < -0.4 is 5.32 Å². The van der Waals surface area contributed by atoms with Gasteiger partial charge in [-0.1, -0.05) is 26.0 Å². The van der Waals surface area contributed by atoms with E-state index in [0.717, 1.165) is 0 Å².